The standard InChI is InChI=1S/C16H22O4/c1-3-10(8-11-9-13(11)16(18)19)12-6-5-7-14(15(12)17)20-4-2/h5-7,10-11,13,17H,3-4,8-9H2,1-2H3,(H,18,19). The van der Waals surface area contributed by atoms with Gasteiger partial charge >= 0.3 is 5.97 Å². The molecule has 0 bridgehead atoms. The minimum atomic E-state index is -0.697. The number of ether oxygens (including phenoxy) is 1. The van der Waals surface area contributed by atoms with Gasteiger partial charge in [0.2, 0.25) is 0 Å². The zero-order valence-electron chi connectivity index (χ0n) is 12.0. The fourth-order valence-electron chi connectivity index (χ4n) is 2.83. The Kier molecular flexibility index (Phi) is 4.53. The second kappa shape index (κ2) is 6.16. The van der Waals surface area contributed by atoms with Crippen LogP contribution in [0.25, 0.3) is 0 Å². The number of aromatic hydroxyl groups is 1. The first-order chi connectivity index (χ1) is 9.58. The predicted octanol–water partition coefficient (Wildman–Crippen LogP) is 3.40. The second-order valence-corrected chi connectivity index (χ2v) is 5.41. The molecule has 0 radical (unpaired) electrons. The van der Waals surface area contributed by atoms with Gasteiger partial charge in [0.15, 0.2) is 11.5 Å². The van der Waals surface area contributed by atoms with E-state index >= 15 is 0 Å². The summed E-state index contributed by atoms with van der Waals surface area (Å²) in [7, 11) is 0. The Morgan fingerprint density at radius 3 is 2.75 bits per heavy atom. The zero-order chi connectivity index (χ0) is 14.7. The largest absolute Gasteiger partial charge is 0.504 e. The minimum Gasteiger partial charge on any atom is -0.504 e. The van der Waals surface area contributed by atoms with Crippen molar-refractivity contribution in [2.75, 3.05) is 6.61 Å². The monoisotopic (exact) mass is 278 g/mol. The van der Waals surface area contributed by atoms with Crippen LogP contribution in [-0.4, -0.2) is 22.8 Å². The lowest BCUT2D eigenvalue weighted by molar-refractivity contribution is -0.138. The van der Waals surface area contributed by atoms with Gasteiger partial charge in [0, 0.05) is 5.56 Å². The third kappa shape index (κ3) is 3.06. The Balaban J connectivity index is 2.12. The number of aliphatic carboxylic acids is 1. The fourth-order valence-corrected chi connectivity index (χ4v) is 2.83. The lowest BCUT2D eigenvalue weighted by atomic mass is 9.89. The van der Waals surface area contributed by atoms with Gasteiger partial charge in [-0.05, 0) is 44.1 Å². The number of benzene rings is 1. The summed E-state index contributed by atoms with van der Waals surface area (Å²) in [5, 5.41) is 19.3. The molecule has 20 heavy (non-hydrogen) atoms. The third-order valence-corrected chi connectivity index (χ3v) is 4.09. The zero-order valence-corrected chi connectivity index (χ0v) is 12.0. The number of carbonyl (C=O) groups is 1. The van der Waals surface area contributed by atoms with Crippen molar-refractivity contribution in [3.63, 3.8) is 0 Å². The molecule has 2 rings (SSSR count). The molecule has 4 heteroatoms. The van der Waals surface area contributed by atoms with Gasteiger partial charge in [-0.1, -0.05) is 19.1 Å². The van der Waals surface area contributed by atoms with Crippen molar-refractivity contribution >= 4 is 5.97 Å². The van der Waals surface area contributed by atoms with Crippen LogP contribution in [0.4, 0.5) is 0 Å². The normalized spacial score (nSPS) is 22.3. The molecule has 0 saturated heterocycles. The van der Waals surface area contributed by atoms with E-state index < -0.39 is 5.97 Å². The average Bonchev–Trinajstić information content (AvgIpc) is 3.19. The van der Waals surface area contributed by atoms with Gasteiger partial charge in [-0.3, -0.25) is 4.79 Å². The lowest BCUT2D eigenvalue weighted by Gasteiger charge is -2.18. The van der Waals surface area contributed by atoms with E-state index in [1.165, 1.54) is 0 Å². The molecular formula is C16H22O4. The summed E-state index contributed by atoms with van der Waals surface area (Å²) < 4.78 is 5.41. The van der Waals surface area contributed by atoms with Gasteiger partial charge in [0.25, 0.3) is 0 Å². The fraction of sp³-hybridized carbons (Fsp3) is 0.562. The minimum absolute atomic E-state index is 0.185. The summed E-state index contributed by atoms with van der Waals surface area (Å²) in [5.74, 6) is 0.249. The van der Waals surface area contributed by atoms with Crippen LogP contribution in [0.3, 0.4) is 0 Å². The molecule has 1 aliphatic rings. The quantitative estimate of drug-likeness (QED) is 0.802. The van der Waals surface area contributed by atoms with Gasteiger partial charge in [-0.15, -0.1) is 0 Å². The van der Waals surface area contributed by atoms with Crippen molar-refractivity contribution in [1.29, 1.82) is 0 Å². The number of para-hydroxylation sites is 1. The third-order valence-electron chi connectivity index (χ3n) is 4.09. The maximum atomic E-state index is 10.9. The van der Waals surface area contributed by atoms with Gasteiger partial charge in [0.05, 0.1) is 12.5 Å². The maximum Gasteiger partial charge on any atom is 0.306 e. The molecule has 3 atom stereocenters. The molecule has 1 aliphatic carbocycles. The molecule has 0 aliphatic heterocycles. The van der Waals surface area contributed by atoms with Crippen LogP contribution in [0, 0.1) is 11.8 Å². The summed E-state index contributed by atoms with van der Waals surface area (Å²) in [6, 6.07) is 5.54. The number of carboxylic acids is 1. The highest BCUT2D eigenvalue weighted by Gasteiger charge is 2.44. The molecule has 1 aromatic carbocycles. The highest BCUT2D eigenvalue weighted by Crippen LogP contribution is 2.48. The number of phenolic OH excluding ortho intramolecular Hbond substituents is 1. The highest BCUT2D eigenvalue weighted by molar-refractivity contribution is 5.73. The van der Waals surface area contributed by atoms with E-state index in [-0.39, 0.29) is 23.5 Å². The van der Waals surface area contributed by atoms with Crippen LogP contribution < -0.4 is 4.74 Å². The smallest absolute Gasteiger partial charge is 0.306 e. The molecule has 0 heterocycles. The van der Waals surface area contributed by atoms with Crippen molar-refractivity contribution in [1.82, 2.24) is 0 Å². The number of rotatable bonds is 7. The van der Waals surface area contributed by atoms with E-state index in [4.69, 9.17) is 9.84 Å². The summed E-state index contributed by atoms with van der Waals surface area (Å²) in [5.41, 5.74) is 0.870. The number of hydrogen-bond acceptors (Lipinski definition) is 3. The van der Waals surface area contributed by atoms with E-state index in [2.05, 4.69) is 6.92 Å². The number of phenols is 1. The highest BCUT2D eigenvalue weighted by atomic mass is 16.5. The van der Waals surface area contributed by atoms with E-state index in [1.807, 2.05) is 19.1 Å². The molecule has 1 aromatic rings. The van der Waals surface area contributed by atoms with Crippen molar-refractivity contribution in [3.8, 4) is 11.5 Å². The molecule has 0 aromatic heterocycles. The van der Waals surface area contributed by atoms with Crippen molar-refractivity contribution in [2.45, 2.75) is 39.0 Å². The molecule has 1 fully saturated rings. The second-order valence-electron chi connectivity index (χ2n) is 5.41. The number of carboxylic acid groups (broad SMARTS) is 1. The molecule has 0 spiro atoms. The van der Waals surface area contributed by atoms with Crippen LogP contribution in [0.5, 0.6) is 11.5 Å². The van der Waals surface area contributed by atoms with Gasteiger partial charge in [-0.2, -0.15) is 0 Å². The molecule has 2 N–H and O–H groups in total. The van der Waals surface area contributed by atoms with E-state index in [9.17, 15) is 9.90 Å². The Morgan fingerprint density at radius 1 is 1.45 bits per heavy atom. The van der Waals surface area contributed by atoms with E-state index in [1.54, 1.807) is 6.07 Å². The lowest BCUT2D eigenvalue weighted by Crippen LogP contribution is -2.05. The van der Waals surface area contributed by atoms with Crippen LogP contribution in [0.2, 0.25) is 0 Å². The van der Waals surface area contributed by atoms with Gasteiger partial charge in [-0.25, -0.2) is 0 Å². The van der Waals surface area contributed by atoms with Crippen LogP contribution in [0.1, 0.15) is 44.6 Å². The Labute approximate surface area is 119 Å². The molecular weight excluding hydrogens is 256 g/mol. The average molecular weight is 278 g/mol. The summed E-state index contributed by atoms with van der Waals surface area (Å²) in [6.45, 7) is 4.46. The van der Waals surface area contributed by atoms with Crippen LogP contribution >= 0.6 is 0 Å². The SMILES string of the molecule is CCOc1cccc(C(CC)CC2CC2C(=O)O)c1O. The molecule has 0 amide bonds. The molecule has 3 unspecified atom stereocenters. The Bertz CT molecular complexity index is 483. The Hall–Kier alpha value is -1.71. The maximum absolute atomic E-state index is 10.9. The van der Waals surface area contributed by atoms with Crippen molar-refractivity contribution in [3.05, 3.63) is 23.8 Å². The van der Waals surface area contributed by atoms with Gasteiger partial charge < -0.3 is 14.9 Å². The first kappa shape index (κ1) is 14.7. The summed E-state index contributed by atoms with van der Waals surface area (Å²) in [4.78, 5) is 10.9. The molecule has 110 valence electrons. The first-order valence-electron chi connectivity index (χ1n) is 7.25. The van der Waals surface area contributed by atoms with E-state index in [0.717, 1.165) is 24.8 Å². The van der Waals surface area contributed by atoms with Gasteiger partial charge in [0.1, 0.15) is 0 Å². The molecule has 1 saturated carbocycles. The van der Waals surface area contributed by atoms with Crippen molar-refractivity contribution in [2.24, 2.45) is 11.8 Å². The Morgan fingerprint density at radius 2 is 2.20 bits per heavy atom. The number of hydrogen-bond donors (Lipinski definition) is 2. The predicted molar refractivity (Wildman–Crippen MR) is 76.2 cm³/mol. The van der Waals surface area contributed by atoms with Crippen LogP contribution in [-0.2, 0) is 4.79 Å². The van der Waals surface area contributed by atoms with Crippen molar-refractivity contribution < 1.29 is 19.7 Å². The topological polar surface area (TPSA) is 66.8 Å². The summed E-state index contributed by atoms with van der Waals surface area (Å²) >= 11 is 0. The van der Waals surface area contributed by atoms with Crippen LogP contribution in [0.15, 0.2) is 18.2 Å². The van der Waals surface area contributed by atoms with E-state index in [0.29, 0.717) is 12.4 Å². The summed E-state index contributed by atoms with van der Waals surface area (Å²) in [6.07, 6.45) is 2.46. The first-order valence-corrected chi connectivity index (χ1v) is 7.25. The molecule has 4 nitrogen and oxygen atoms in total.